The first kappa shape index (κ1) is 20.7. The van der Waals surface area contributed by atoms with E-state index >= 15 is 0 Å². The van der Waals surface area contributed by atoms with E-state index in [1.165, 1.54) is 0 Å². The van der Waals surface area contributed by atoms with Crippen LogP contribution in [0.15, 0.2) is 0 Å². The van der Waals surface area contributed by atoms with Gasteiger partial charge in [-0.3, -0.25) is 19.3 Å². The van der Waals surface area contributed by atoms with Gasteiger partial charge >= 0.3 is 11.9 Å². The van der Waals surface area contributed by atoms with E-state index in [0.29, 0.717) is 5.23 Å². The molecule has 2 unspecified atom stereocenters. The number of carboxylic acids is 2. The Balaban J connectivity index is 4.78. The molecular weight excluding hydrogens is 306 g/mol. The van der Waals surface area contributed by atoms with Gasteiger partial charge in [0.1, 0.15) is 12.2 Å². The molecule has 0 bridgehead atoms. The van der Waals surface area contributed by atoms with Crippen molar-refractivity contribution in [3.05, 3.63) is 0 Å². The van der Waals surface area contributed by atoms with E-state index in [2.05, 4.69) is 0 Å². The van der Waals surface area contributed by atoms with Gasteiger partial charge in [0.05, 0.1) is 26.4 Å². The van der Waals surface area contributed by atoms with Crippen LogP contribution < -0.4 is 0 Å². The molecule has 0 heterocycles. The molecule has 0 saturated carbocycles. The van der Waals surface area contributed by atoms with Crippen LogP contribution in [0.1, 0.15) is 12.8 Å². The van der Waals surface area contributed by atoms with Gasteiger partial charge in [-0.2, -0.15) is 0 Å². The van der Waals surface area contributed by atoms with Gasteiger partial charge in [0.2, 0.25) is 0 Å². The van der Waals surface area contributed by atoms with Gasteiger partial charge in [-0.1, -0.05) is 5.23 Å². The summed E-state index contributed by atoms with van der Waals surface area (Å²) >= 11 is 0. The lowest BCUT2D eigenvalue weighted by Gasteiger charge is -2.27. The number of carbonyl (C=O) groups is 2. The lowest BCUT2D eigenvalue weighted by atomic mass is 10.2. The largest absolute Gasteiger partial charge is 0.481 e. The second-order valence-corrected chi connectivity index (χ2v) is 4.34. The minimum atomic E-state index is -1.52. The maximum absolute atomic E-state index is 11.2. The number of hydrogen-bond donors (Lipinski definition) is 6. The van der Waals surface area contributed by atoms with E-state index in [1.807, 2.05) is 0 Å². The zero-order valence-corrected chi connectivity index (χ0v) is 11.7. The fraction of sp³-hybridized carbons (Fsp3) is 0.818. The van der Waals surface area contributed by atoms with E-state index < -0.39 is 63.0 Å². The molecule has 0 aliphatic rings. The fourth-order valence-corrected chi connectivity index (χ4v) is 1.22. The summed E-state index contributed by atoms with van der Waals surface area (Å²) in [4.78, 5) is 31.5. The van der Waals surface area contributed by atoms with Gasteiger partial charge in [-0.05, 0) is 6.42 Å². The minimum Gasteiger partial charge on any atom is -0.481 e. The summed E-state index contributed by atoms with van der Waals surface area (Å²) in [5.74, 6) is -2.67. The molecule has 0 aromatic carbocycles. The molecule has 22 heavy (non-hydrogen) atoms. The Bertz CT molecular complexity index is 325. The van der Waals surface area contributed by atoms with Crippen LogP contribution in [0.5, 0.6) is 0 Å². The van der Waals surface area contributed by atoms with Crippen LogP contribution in [-0.2, 0) is 19.3 Å². The van der Waals surface area contributed by atoms with Crippen molar-refractivity contribution in [3.8, 4) is 0 Å². The highest BCUT2D eigenvalue weighted by Crippen LogP contribution is 2.11. The summed E-state index contributed by atoms with van der Waals surface area (Å²) in [5.41, 5.74) is 0. The minimum absolute atomic E-state index is 0.366. The molecule has 0 aliphatic heterocycles. The predicted molar refractivity (Wildman–Crippen MR) is 68.2 cm³/mol. The first-order valence-corrected chi connectivity index (χ1v) is 6.39. The number of nitrogens with zero attached hydrogens (tertiary/aromatic N) is 1. The lowest BCUT2D eigenvalue weighted by molar-refractivity contribution is -0.394. The van der Waals surface area contributed by atoms with Crippen molar-refractivity contribution in [2.24, 2.45) is 0 Å². The van der Waals surface area contributed by atoms with Gasteiger partial charge in [0, 0.05) is 6.42 Å². The van der Waals surface area contributed by atoms with Crippen molar-refractivity contribution in [1.29, 1.82) is 0 Å². The van der Waals surface area contributed by atoms with E-state index in [1.54, 1.807) is 0 Å². The van der Waals surface area contributed by atoms with Gasteiger partial charge in [0.15, 0.2) is 6.04 Å². The summed E-state index contributed by atoms with van der Waals surface area (Å²) < 4.78 is 0. The third kappa shape index (κ3) is 8.84. The lowest BCUT2D eigenvalue weighted by Crippen LogP contribution is -2.44. The summed E-state index contributed by atoms with van der Waals surface area (Å²) in [6.07, 6.45) is -3.45. The van der Waals surface area contributed by atoms with Crippen molar-refractivity contribution < 1.29 is 49.9 Å². The van der Waals surface area contributed by atoms with Crippen molar-refractivity contribution in [2.45, 2.75) is 31.1 Å². The van der Waals surface area contributed by atoms with Crippen LogP contribution in [-0.4, -0.2) is 92.5 Å². The van der Waals surface area contributed by atoms with E-state index in [0.717, 1.165) is 0 Å². The summed E-state index contributed by atoms with van der Waals surface area (Å²) in [6.45, 7) is -2.30. The number of aliphatic carboxylic acids is 2. The molecule has 130 valence electrons. The molecule has 3 atom stereocenters. The molecule has 11 heteroatoms. The Morgan fingerprint density at radius 2 is 1.41 bits per heavy atom. The SMILES string of the molecule is O=C(O)CC[C@@H](C(=O)O)N(OCC(O)CO)OCC(O)CO. The van der Waals surface area contributed by atoms with E-state index in [-0.39, 0.29) is 6.42 Å². The Kier molecular flexibility index (Phi) is 10.6. The number of aliphatic hydroxyl groups excluding tert-OH is 4. The van der Waals surface area contributed by atoms with Gasteiger partial charge in [-0.15, -0.1) is 0 Å². The fourth-order valence-electron chi connectivity index (χ4n) is 1.22. The van der Waals surface area contributed by atoms with Crippen molar-refractivity contribution in [1.82, 2.24) is 5.23 Å². The third-order valence-corrected chi connectivity index (χ3v) is 2.38. The second kappa shape index (κ2) is 11.3. The van der Waals surface area contributed by atoms with Crippen LogP contribution in [0.25, 0.3) is 0 Å². The number of hydrogen-bond acceptors (Lipinski definition) is 9. The standard InChI is InChI=1S/C11H21NO10/c13-3-7(15)5-21-12(22-6-8(16)4-14)9(11(19)20)1-2-10(17)18/h7-9,13-16H,1-6H2,(H,17,18)(H,19,20)/t7?,8?,9-/m0/s1. The quantitative estimate of drug-likeness (QED) is 0.192. The van der Waals surface area contributed by atoms with Crippen LogP contribution in [0, 0.1) is 0 Å². The first-order valence-electron chi connectivity index (χ1n) is 6.39. The highest BCUT2D eigenvalue weighted by molar-refractivity contribution is 5.74. The van der Waals surface area contributed by atoms with E-state index in [4.69, 9.17) is 30.1 Å². The normalized spacial score (nSPS) is 15.5. The van der Waals surface area contributed by atoms with Gasteiger partial charge < -0.3 is 30.6 Å². The zero-order valence-electron chi connectivity index (χ0n) is 11.7. The van der Waals surface area contributed by atoms with Crippen molar-refractivity contribution >= 4 is 11.9 Å². The van der Waals surface area contributed by atoms with Crippen LogP contribution in [0.4, 0.5) is 0 Å². The first-order chi connectivity index (χ1) is 10.3. The number of carboxylic acid groups (broad SMARTS) is 2. The van der Waals surface area contributed by atoms with Crippen LogP contribution in [0.2, 0.25) is 0 Å². The summed E-state index contributed by atoms with van der Waals surface area (Å²) in [6, 6.07) is -1.52. The van der Waals surface area contributed by atoms with Gasteiger partial charge in [0.25, 0.3) is 0 Å². The Morgan fingerprint density at radius 1 is 0.955 bits per heavy atom. The summed E-state index contributed by atoms with van der Waals surface area (Å²) in [5, 5.41) is 53.8. The molecule has 0 fully saturated rings. The second-order valence-electron chi connectivity index (χ2n) is 4.34. The molecule has 0 aromatic rings. The molecular formula is C11H21NO10. The third-order valence-electron chi connectivity index (χ3n) is 2.38. The maximum atomic E-state index is 11.2. The Labute approximate surface area is 125 Å². The average molecular weight is 327 g/mol. The zero-order chi connectivity index (χ0) is 17.1. The van der Waals surface area contributed by atoms with Crippen molar-refractivity contribution in [2.75, 3.05) is 26.4 Å². The molecule has 11 nitrogen and oxygen atoms in total. The van der Waals surface area contributed by atoms with Gasteiger partial charge in [-0.25, -0.2) is 0 Å². The molecule has 0 rings (SSSR count). The average Bonchev–Trinajstić information content (AvgIpc) is 2.47. The smallest absolute Gasteiger partial charge is 0.325 e. The molecule has 6 N–H and O–H groups in total. The molecule has 0 aliphatic carbocycles. The Morgan fingerprint density at radius 3 is 1.73 bits per heavy atom. The maximum Gasteiger partial charge on any atom is 0.325 e. The van der Waals surface area contributed by atoms with Crippen LogP contribution in [0.3, 0.4) is 0 Å². The number of hydroxylamine groups is 2. The molecule has 0 saturated heterocycles. The summed E-state index contributed by atoms with van der Waals surface area (Å²) in [7, 11) is 0. The van der Waals surface area contributed by atoms with Crippen molar-refractivity contribution in [3.63, 3.8) is 0 Å². The predicted octanol–water partition coefficient (Wildman–Crippen LogP) is -2.82. The highest BCUT2D eigenvalue weighted by Gasteiger charge is 2.29. The highest BCUT2D eigenvalue weighted by atomic mass is 17.0. The monoisotopic (exact) mass is 327 g/mol. The van der Waals surface area contributed by atoms with E-state index in [9.17, 15) is 19.8 Å². The topological polar surface area (TPSA) is 177 Å². The van der Waals surface area contributed by atoms with Crippen LogP contribution >= 0.6 is 0 Å². The molecule has 0 amide bonds. The molecule has 0 radical (unpaired) electrons. The number of aliphatic hydroxyl groups is 4. The molecule has 0 aromatic heterocycles. The molecule has 0 spiro atoms. The Hall–Kier alpha value is -1.34. The number of rotatable bonds is 13.